The van der Waals surface area contributed by atoms with E-state index in [2.05, 4.69) is 6.92 Å². The molecule has 0 saturated heterocycles. The Morgan fingerprint density at radius 1 is 1.53 bits per heavy atom. The van der Waals surface area contributed by atoms with E-state index in [4.69, 9.17) is 16.3 Å². The molecule has 0 bridgehead atoms. The van der Waals surface area contributed by atoms with E-state index in [-0.39, 0.29) is 6.10 Å². The maximum absolute atomic E-state index is 9.93. The first kappa shape index (κ1) is 10.8. The number of aliphatic hydroxyl groups is 1. The lowest BCUT2D eigenvalue weighted by atomic mass is 9.97. The van der Waals surface area contributed by atoms with Crippen LogP contribution in [-0.2, 0) is 0 Å². The third-order valence-electron chi connectivity index (χ3n) is 2.73. The van der Waals surface area contributed by atoms with Gasteiger partial charge in [-0.15, -0.1) is 0 Å². The van der Waals surface area contributed by atoms with Gasteiger partial charge in [0.15, 0.2) is 0 Å². The smallest absolute Gasteiger partial charge is 0.127 e. The molecule has 0 spiro atoms. The van der Waals surface area contributed by atoms with Crippen molar-refractivity contribution in [3.05, 3.63) is 28.8 Å². The molecule has 1 heterocycles. The predicted molar refractivity (Wildman–Crippen MR) is 60.4 cm³/mol. The van der Waals surface area contributed by atoms with Crippen molar-refractivity contribution in [2.24, 2.45) is 0 Å². The van der Waals surface area contributed by atoms with Gasteiger partial charge in [0.2, 0.25) is 0 Å². The molecule has 0 fully saturated rings. The first-order chi connectivity index (χ1) is 7.20. The Hall–Kier alpha value is -0.730. The van der Waals surface area contributed by atoms with Gasteiger partial charge in [-0.1, -0.05) is 31.0 Å². The Morgan fingerprint density at radius 2 is 2.33 bits per heavy atom. The van der Waals surface area contributed by atoms with E-state index < -0.39 is 6.10 Å². The molecular formula is C12H15ClO2. The highest BCUT2D eigenvalue weighted by Crippen LogP contribution is 2.37. The van der Waals surface area contributed by atoms with Crippen LogP contribution in [0.4, 0.5) is 0 Å². The normalized spacial score (nSPS) is 24.5. The molecule has 15 heavy (non-hydrogen) atoms. The number of aliphatic hydroxyl groups excluding tert-OH is 1. The van der Waals surface area contributed by atoms with Crippen LogP contribution in [0.2, 0.25) is 5.02 Å². The van der Waals surface area contributed by atoms with Crippen LogP contribution in [0.1, 0.15) is 37.9 Å². The van der Waals surface area contributed by atoms with Crippen molar-refractivity contribution in [1.82, 2.24) is 0 Å². The van der Waals surface area contributed by atoms with Crippen molar-refractivity contribution in [2.45, 2.75) is 38.4 Å². The predicted octanol–water partition coefficient (Wildman–Crippen LogP) is 3.32. The molecule has 1 N–H and O–H groups in total. The summed E-state index contributed by atoms with van der Waals surface area (Å²) in [6.45, 7) is 2.11. The number of hydrogen-bond acceptors (Lipinski definition) is 2. The summed E-state index contributed by atoms with van der Waals surface area (Å²) in [7, 11) is 0. The van der Waals surface area contributed by atoms with E-state index in [1.54, 1.807) is 12.1 Å². The van der Waals surface area contributed by atoms with Gasteiger partial charge in [-0.25, -0.2) is 0 Å². The third-order valence-corrected chi connectivity index (χ3v) is 2.96. The largest absolute Gasteiger partial charge is 0.490 e. The summed E-state index contributed by atoms with van der Waals surface area (Å²) >= 11 is 5.89. The summed E-state index contributed by atoms with van der Waals surface area (Å²) in [5.41, 5.74) is 0.853. The molecule has 2 rings (SSSR count). The maximum Gasteiger partial charge on any atom is 0.127 e. The minimum absolute atomic E-state index is 0.121. The maximum atomic E-state index is 9.93. The van der Waals surface area contributed by atoms with Gasteiger partial charge in [-0.3, -0.25) is 0 Å². The van der Waals surface area contributed by atoms with Gasteiger partial charge in [0, 0.05) is 17.0 Å². The number of rotatable bonds is 2. The summed E-state index contributed by atoms with van der Waals surface area (Å²) in [6.07, 6.45) is 2.43. The van der Waals surface area contributed by atoms with Crippen molar-refractivity contribution in [3.63, 3.8) is 0 Å². The SMILES string of the molecule is CCCC1CC(O)c2ccc(Cl)cc2O1. The zero-order valence-corrected chi connectivity index (χ0v) is 9.50. The molecule has 2 nitrogen and oxygen atoms in total. The van der Waals surface area contributed by atoms with Crippen LogP contribution >= 0.6 is 11.6 Å². The van der Waals surface area contributed by atoms with Gasteiger partial charge in [-0.2, -0.15) is 0 Å². The molecular weight excluding hydrogens is 212 g/mol. The number of halogens is 1. The summed E-state index contributed by atoms with van der Waals surface area (Å²) in [5.74, 6) is 0.736. The molecule has 0 radical (unpaired) electrons. The number of ether oxygens (including phenoxy) is 1. The van der Waals surface area contributed by atoms with Gasteiger partial charge < -0.3 is 9.84 Å². The first-order valence-corrected chi connectivity index (χ1v) is 5.72. The first-order valence-electron chi connectivity index (χ1n) is 5.35. The average molecular weight is 227 g/mol. The van der Waals surface area contributed by atoms with Gasteiger partial charge in [0.1, 0.15) is 11.9 Å². The molecule has 1 aromatic carbocycles. The van der Waals surface area contributed by atoms with Crippen molar-refractivity contribution in [1.29, 1.82) is 0 Å². The van der Waals surface area contributed by atoms with E-state index in [0.717, 1.165) is 24.2 Å². The average Bonchev–Trinajstić information content (AvgIpc) is 2.17. The molecule has 2 atom stereocenters. The fraction of sp³-hybridized carbons (Fsp3) is 0.500. The summed E-state index contributed by atoms with van der Waals surface area (Å²) in [6, 6.07) is 5.40. The van der Waals surface area contributed by atoms with Gasteiger partial charge in [0.25, 0.3) is 0 Å². The highest BCUT2D eigenvalue weighted by Gasteiger charge is 2.26. The second-order valence-corrected chi connectivity index (χ2v) is 4.40. The van der Waals surface area contributed by atoms with Crippen LogP contribution in [0.3, 0.4) is 0 Å². The van der Waals surface area contributed by atoms with Crippen LogP contribution in [0.15, 0.2) is 18.2 Å². The van der Waals surface area contributed by atoms with E-state index in [1.165, 1.54) is 0 Å². The molecule has 0 saturated carbocycles. The number of benzene rings is 1. The molecule has 82 valence electrons. The Bertz CT molecular complexity index is 351. The lowest BCUT2D eigenvalue weighted by molar-refractivity contribution is 0.0615. The minimum Gasteiger partial charge on any atom is -0.490 e. The van der Waals surface area contributed by atoms with Crippen LogP contribution in [0.25, 0.3) is 0 Å². The fourth-order valence-electron chi connectivity index (χ4n) is 1.99. The lowest BCUT2D eigenvalue weighted by Gasteiger charge is -2.29. The highest BCUT2D eigenvalue weighted by molar-refractivity contribution is 6.30. The van der Waals surface area contributed by atoms with E-state index >= 15 is 0 Å². The van der Waals surface area contributed by atoms with Crippen molar-refractivity contribution < 1.29 is 9.84 Å². The van der Waals surface area contributed by atoms with Crippen molar-refractivity contribution in [2.75, 3.05) is 0 Å². The Balaban J connectivity index is 2.25. The van der Waals surface area contributed by atoms with Crippen LogP contribution in [-0.4, -0.2) is 11.2 Å². The topological polar surface area (TPSA) is 29.5 Å². The summed E-state index contributed by atoms with van der Waals surface area (Å²) in [5, 5.41) is 10.6. The van der Waals surface area contributed by atoms with E-state index in [0.29, 0.717) is 11.4 Å². The zero-order valence-electron chi connectivity index (χ0n) is 8.74. The molecule has 0 aliphatic carbocycles. The fourth-order valence-corrected chi connectivity index (χ4v) is 2.15. The monoisotopic (exact) mass is 226 g/mol. The van der Waals surface area contributed by atoms with Gasteiger partial charge >= 0.3 is 0 Å². The summed E-state index contributed by atoms with van der Waals surface area (Å²) in [4.78, 5) is 0. The molecule has 0 aromatic heterocycles. The molecule has 3 heteroatoms. The highest BCUT2D eigenvalue weighted by atomic mass is 35.5. The minimum atomic E-state index is -0.414. The molecule has 2 unspecified atom stereocenters. The molecule has 1 aliphatic rings. The van der Waals surface area contributed by atoms with Crippen LogP contribution in [0.5, 0.6) is 5.75 Å². The molecule has 1 aliphatic heterocycles. The zero-order chi connectivity index (χ0) is 10.8. The van der Waals surface area contributed by atoms with E-state index in [9.17, 15) is 5.11 Å². The number of hydrogen-bond donors (Lipinski definition) is 1. The summed E-state index contributed by atoms with van der Waals surface area (Å²) < 4.78 is 5.78. The lowest BCUT2D eigenvalue weighted by Crippen LogP contribution is -2.25. The van der Waals surface area contributed by atoms with Crippen LogP contribution < -0.4 is 4.74 Å². The van der Waals surface area contributed by atoms with E-state index in [1.807, 2.05) is 6.07 Å². The Morgan fingerprint density at radius 3 is 3.07 bits per heavy atom. The second kappa shape index (κ2) is 4.42. The Labute approximate surface area is 94.8 Å². The molecule has 0 amide bonds. The second-order valence-electron chi connectivity index (χ2n) is 3.96. The van der Waals surface area contributed by atoms with Gasteiger partial charge in [0.05, 0.1) is 6.10 Å². The van der Waals surface area contributed by atoms with Gasteiger partial charge in [-0.05, 0) is 18.6 Å². The van der Waals surface area contributed by atoms with Crippen molar-refractivity contribution >= 4 is 11.6 Å². The number of fused-ring (bicyclic) bond motifs is 1. The third kappa shape index (κ3) is 2.27. The standard InChI is InChI=1S/C12H15ClO2/c1-2-3-9-7-11(14)10-5-4-8(13)6-12(10)15-9/h4-6,9,11,14H,2-3,7H2,1H3. The Kier molecular flexibility index (Phi) is 3.17. The van der Waals surface area contributed by atoms with Crippen molar-refractivity contribution in [3.8, 4) is 5.75 Å². The quantitative estimate of drug-likeness (QED) is 0.838. The van der Waals surface area contributed by atoms with Crippen LogP contribution in [0, 0.1) is 0 Å². The molecule has 1 aromatic rings.